The number of ether oxygens (including phenoxy) is 2. The molecule has 2 atom stereocenters. The molecule has 0 saturated heterocycles. The van der Waals surface area contributed by atoms with E-state index in [-0.39, 0.29) is 42.7 Å². The summed E-state index contributed by atoms with van der Waals surface area (Å²) in [5.74, 6) is 0.645. The Morgan fingerprint density at radius 2 is 1.95 bits per heavy atom. The standard InChI is InChI=1S/C29H33FN2O4S/c1-4-20(2)17-31(29(34)21-8-10-23(35-3)11-9-21)18-28(33)32-14-12-27-25(13-15-37-27)26(32)19-36-24-7-5-6-22(30)16-24/h5-11,13,15-16,20,26H,4,12,14,17-19H2,1-3H3/t20-,26+/m1/s1. The van der Waals surface area contributed by atoms with Crippen molar-refractivity contribution in [1.82, 2.24) is 9.80 Å². The monoisotopic (exact) mass is 524 g/mol. The van der Waals surface area contributed by atoms with E-state index in [1.165, 1.54) is 17.0 Å². The molecule has 0 saturated carbocycles. The lowest BCUT2D eigenvalue weighted by Gasteiger charge is -2.37. The second kappa shape index (κ2) is 12.2. The summed E-state index contributed by atoms with van der Waals surface area (Å²) in [6.07, 6.45) is 1.65. The number of amides is 2. The number of methoxy groups -OCH3 is 1. The number of thiophene rings is 1. The molecule has 2 amide bonds. The van der Waals surface area contributed by atoms with Crippen molar-refractivity contribution in [2.45, 2.75) is 32.7 Å². The summed E-state index contributed by atoms with van der Waals surface area (Å²) in [4.78, 5) is 31.8. The maximum Gasteiger partial charge on any atom is 0.254 e. The number of nitrogens with zero attached hydrogens (tertiary/aromatic N) is 2. The number of carbonyl (C=O) groups excluding carboxylic acids is 2. The van der Waals surface area contributed by atoms with Crippen molar-refractivity contribution >= 4 is 23.2 Å². The third-order valence-corrected chi connectivity index (χ3v) is 7.79. The minimum absolute atomic E-state index is 0.0227. The Balaban J connectivity index is 1.54. The van der Waals surface area contributed by atoms with Gasteiger partial charge in [0, 0.05) is 29.6 Å². The molecule has 37 heavy (non-hydrogen) atoms. The van der Waals surface area contributed by atoms with Crippen LogP contribution in [0.15, 0.2) is 60.0 Å². The fourth-order valence-electron chi connectivity index (χ4n) is 4.50. The van der Waals surface area contributed by atoms with Gasteiger partial charge in [0.2, 0.25) is 5.91 Å². The van der Waals surface area contributed by atoms with Gasteiger partial charge >= 0.3 is 0 Å². The van der Waals surface area contributed by atoms with E-state index in [1.807, 2.05) is 11.4 Å². The maximum atomic E-state index is 13.7. The van der Waals surface area contributed by atoms with Crippen molar-refractivity contribution in [3.8, 4) is 11.5 Å². The third-order valence-electron chi connectivity index (χ3n) is 6.80. The van der Waals surface area contributed by atoms with Crippen molar-refractivity contribution in [3.63, 3.8) is 0 Å². The number of hydrogen-bond acceptors (Lipinski definition) is 5. The summed E-state index contributed by atoms with van der Waals surface area (Å²) in [6.45, 7) is 5.35. The molecule has 3 aromatic rings. The zero-order valence-electron chi connectivity index (χ0n) is 21.5. The van der Waals surface area contributed by atoms with Gasteiger partial charge in [-0.1, -0.05) is 26.3 Å². The van der Waals surface area contributed by atoms with E-state index in [0.717, 1.165) is 18.4 Å². The summed E-state index contributed by atoms with van der Waals surface area (Å²) in [7, 11) is 1.58. The number of benzene rings is 2. The highest BCUT2D eigenvalue weighted by Crippen LogP contribution is 2.34. The third kappa shape index (κ3) is 6.49. The predicted octanol–water partition coefficient (Wildman–Crippen LogP) is 5.59. The molecule has 4 rings (SSSR count). The van der Waals surface area contributed by atoms with Gasteiger partial charge in [0.05, 0.1) is 13.2 Å². The molecule has 2 aromatic carbocycles. The fourth-order valence-corrected chi connectivity index (χ4v) is 5.43. The number of rotatable bonds is 10. The minimum Gasteiger partial charge on any atom is -0.497 e. The number of halogens is 1. The first kappa shape index (κ1) is 26.7. The molecule has 0 fully saturated rings. The zero-order valence-corrected chi connectivity index (χ0v) is 22.3. The molecule has 1 aliphatic heterocycles. The Labute approximate surface area is 221 Å². The van der Waals surface area contributed by atoms with Gasteiger partial charge in [0.1, 0.15) is 30.5 Å². The molecule has 0 spiro atoms. The molecule has 196 valence electrons. The average molecular weight is 525 g/mol. The second-order valence-electron chi connectivity index (χ2n) is 9.35. The Hall–Kier alpha value is -3.39. The number of carbonyl (C=O) groups is 2. The number of fused-ring (bicyclic) bond motifs is 1. The van der Waals surface area contributed by atoms with E-state index >= 15 is 0 Å². The van der Waals surface area contributed by atoms with Crippen LogP contribution in [0.4, 0.5) is 4.39 Å². The highest BCUT2D eigenvalue weighted by atomic mass is 32.1. The molecule has 0 bridgehead atoms. The van der Waals surface area contributed by atoms with Crippen LogP contribution in [0.25, 0.3) is 0 Å². The first-order chi connectivity index (χ1) is 17.9. The maximum absolute atomic E-state index is 13.7. The van der Waals surface area contributed by atoms with Gasteiger partial charge in [-0.3, -0.25) is 9.59 Å². The molecule has 0 radical (unpaired) electrons. The molecule has 0 N–H and O–H groups in total. The van der Waals surface area contributed by atoms with Gasteiger partial charge in [0.25, 0.3) is 5.91 Å². The molecule has 1 aromatic heterocycles. The van der Waals surface area contributed by atoms with Crippen LogP contribution in [-0.2, 0) is 11.2 Å². The summed E-state index contributed by atoms with van der Waals surface area (Å²) in [5, 5.41) is 2.02. The van der Waals surface area contributed by atoms with Crippen LogP contribution in [0.1, 0.15) is 47.1 Å². The van der Waals surface area contributed by atoms with Gasteiger partial charge in [-0.25, -0.2) is 4.39 Å². The Bertz CT molecular complexity index is 1210. The van der Waals surface area contributed by atoms with E-state index in [2.05, 4.69) is 13.8 Å². The second-order valence-corrected chi connectivity index (χ2v) is 10.3. The van der Waals surface area contributed by atoms with E-state index in [0.29, 0.717) is 30.2 Å². The van der Waals surface area contributed by atoms with E-state index < -0.39 is 0 Å². The first-order valence-corrected chi connectivity index (χ1v) is 13.4. The smallest absolute Gasteiger partial charge is 0.254 e. The molecular weight excluding hydrogens is 491 g/mol. The van der Waals surface area contributed by atoms with Crippen LogP contribution < -0.4 is 9.47 Å². The zero-order chi connectivity index (χ0) is 26.4. The van der Waals surface area contributed by atoms with Crippen LogP contribution in [0.3, 0.4) is 0 Å². The van der Waals surface area contributed by atoms with Gasteiger partial charge in [-0.05, 0) is 65.7 Å². The van der Waals surface area contributed by atoms with Gasteiger partial charge < -0.3 is 19.3 Å². The molecule has 0 aliphatic carbocycles. The lowest BCUT2D eigenvalue weighted by atomic mass is 10.00. The summed E-state index contributed by atoms with van der Waals surface area (Å²) in [6, 6.07) is 14.7. The summed E-state index contributed by atoms with van der Waals surface area (Å²) >= 11 is 1.67. The Kier molecular flexibility index (Phi) is 8.82. The number of hydrogen-bond donors (Lipinski definition) is 0. The van der Waals surface area contributed by atoms with Gasteiger partial charge in [-0.2, -0.15) is 0 Å². The first-order valence-electron chi connectivity index (χ1n) is 12.6. The normalized spacial score (nSPS) is 15.6. The lowest BCUT2D eigenvalue weighted by molar-refractivity contribution is -0.135. The van der Waals surface area contributed by atoms with Crippen molar-refractivity contribution in [3.05, 3.63) is 81.8 Å². The fraction of sp³-hybridized carbons (Fsp3) is 0.379. The van der Waals surface area contributed by atoms with Crippen LogP contribution in [0.2, 0.25) is 0 Å². The Morgan fingerprint density at radius 3 is 2.65 bits per heavy atom. The molecule has 1 aliphatic rings. The SMILES string of the molecule is CC[C@@H](C)CN(CC(=O)N1CCc2sccc2[C@@H]1COc1cccc(F)c1)C(=O)c1ccc(OC)cc1. The molecule has 6 nitrogen and oxygen atoms in total. The molecule has 0 unspecified atom stereocenters. The van der Waals surface area contributed by atoms with E-state index in [1.54, 1.807) is 64.6 Å². The Morgan fingerprint density at radius 1 is 1.16 bits per heavy atom. The predicted molar refractivity (Wildman–Crippen MR) is 143 cm³/mol. The molecular formula is C29H33FN2O4S. The molecule has 2 heterocycles. The van der Waals surface area contributed by atoms with Crippen LogP contribution in [-0.4, -0.2) is 55.0 Å². The average Bonchev–Trinajstić information content (AvgIpc) is 3.40. The van der Waals surface area contributed by atoms with E-state index in [4.69, 9.17) is 9.47 Å². The molecule has 8 heteroatoms. The quantitative estimate of drug-likeness (QED) is 0.347. The van der Waals surface area contributed by atoms with Gasteiger partial charge in [-0.15, -0.1) is 11.3 Å². The topological polar surface area (TPSA) is 59.1 Å². The van der Waals surface area contributed by atoms with Crippen molar-refractivity contribution in [1.29, 1.82) is 0 Å². The highest BCUT2D eigenvalue weighted by Gasteiger charge is 2.34. The van der Waals surface area contributed by atoms with E-state index in [9.17, 15) is 14.0 Å². The van der Waals surface area contributed by atoms with Crippen LogP contribution in [0.5, 0.6) is 11.5 Å². The van der Waals surface area contributed by atoms with Crippen LogP contribution in [0, 0.1) is 11.7 Å². The van der Waals surface area contributed by atoms with Gasteiger partial charge in [0.15, 0.2) is 0 Å². The van der Waals surface area contributed by atoms with Crippen molar-refractivity contribution in [2.75, 3.05) is 33.4 Å². The lowest BCUT2D eigenvalue weighted by Crippen LogP contribution is -2.48. The van der Waals surface area contributed by atoms with Crippen molar-refractivity contribution < 1.29 is 23.5 Å². The summed E-state index contributed by atoms with van der Waals surface area (Å²) in [5.41, 5.74) is 1.57. The van der Waals surface area contributed by atoms with Crippen LogP contribution >= 0.6 is 11.3 Å². The largest absolute Gasteiger partial charge is 0.497 e. The highest BCUT2D eigenvalue weighted by molar-refractivity contribution is 7.10. The minimum atomic E-state index is -0.372. The van der Waals surface area contributed by atoms with Crippen molar-refractivity contribution in [2.24, 2.45) is 5.92 Å². The summed E-state index contributed by atoms with van der Waals surface area (Å²) < 4.78 is 24.8.